The summed E-state index contributed by atoms with van der Waals surface area (Å²) >= 11 is 6.68. The molecule has 1 saturated heterocycles. The molecule has 0 aromatic heterocycles. The van der Waals surface area contributed by atoms with Crippen LogP contribution in [0.5, 0.6) is 5.75 Å². The number of carbonyl (C=O) groups excluding carboxylic acids is 1. The van der Waals surface area contributed by atoms with Crippen LogP contribution in [0, 0.1) is 0 Å². The molecule has 0 radical (unpaired) electrons. The second-order valence-corrected chi connectivity index (χ2v) is 6.36. The SMILES string of the molecule is COc1ccccc1N[C@@H]1SC(=S)N(c2ccccc2)C1=O. The predicted molar refractivity (Wildman–Crippen MR) is 94.5 cm³/mol. The number of benzene rings is 2. The minimum Gasteiger partial charge on any atom is -0.495 e. The lowest BCUT2D eigenvalue weighted by Gasteiger charge is -2.17. The summed E-state index contributed by atoms with van der Waals surface area (Å²) in [4.78, 5) is 14.2. The molecule has 22 heavy (non-hydrogen) atoms. The molecule has 1 aliphatic rings. The highest BCUT2D eigenvalue weighted by atomic mass is 32.2. The van der Waals surface area contributed by atoms with Gasteiger partial charge in [0.05, 0.1) is 18.5 Å². The Morgan fingerprint density at radius 3 is 2.55 bits per heavy atom. The van der Waals surface area contributed by atoms with E-state index < -0.39 is 5.37 Å². The number of nitrogens with zero attached hydrogens (tertiary/aromatic N) is 1. The van der Waals surface area contributed by atoms with Gasteiger partial charge < -0.3 is 10.1 Å². The molecule has 0 spiro atoms. The summed E-state index contributed by atoms with van der Waals surface area (Å²) in [6.45, 7) is 0. The monoisotopic (exact) mass is 330 g/mol. The van der Waals surface area contributed by atoms with Crippen molar-refractivity contribution in [2.24, 2.45) is 0 Å². The number of nitrogens with one attached hydrogen (secondary N) is 1. The third-order valence-corrected chi connectivity index (χ3v) is 4.66. The third kappa shape index (κ3) is 2.80. The Balaban J connectivity index is 1.83. The van der Waals surface area contributed by atoms with Crippen LogP contribution >= 0.6 is 24.0 Å². The lowest BCUT2D eigenvalue weighted by atomic mass is 10.2. The first kappa shape index (κ1) is 14.9. The molecular weight excluding hydrogens is 316 g/mol. The number of rotatable bonds is 4. The van der Waals surface area contributed by atoms with Gasteiger partial charge in [-0.25, -0.2) is 0 Å². The van der Waals surface area contributed by atoms with Crippen molar-refractivity contribution >= 4 is 45.6 Å². The first-order valence-electron chi connectivity index (χ1n) is 6.70. The first-order valence-corrected chi connectivity index (χ1v) is 7.98. The Morgan fingerprint density at radius 1 is 1.14 bits per heavy atom. The van der Waals surface area contributed by atoms with E-state index >= 15 is 0 Å². The molecule has 3 rings (SSSR count). The second-order valence-electron chi connectivity index (χ2n) is 4.62. The molecule has 0 unspecified atom stereocenters. The molecular formula is C16H14N2O2S2. The van der Waals surface area contributed by atoms with Crippen LogP contribution in [0.3, 0.4) is 0 Å². The zero-order valence-electron chi connectivity index (χ0n) is 11.9. The maximum Gasteiger partial charge on any atom is 0.266 e. The van der Waals surface area contributed by atoms with Crippen molar-refractivity contribution in [2.45, 2.75) is 5.37 Å². The van der Waals surface area contributed by atoms with Gasteiger partial charge in [0.2, 0.25) is 0 Å². The minimum absolute atomic E-state index is 0.0768. The molecule has 0 saturated carbocycles. The molecule has 1 heterocycles. The van der Waals surface area contributed by atoms with E-state index in [2.05, 4.69) is 5.32 Å². The molecule has 2 aromatic rings. The highest BCUT2D eigenvalue weighted by Gasteiger charge is 2.38. The highest BCUT2D eigenvalue weighted by molar-refractivity contribution is 8.25. The number of amides is 1. The summed E-state index contributed by atoms with van der Waals surface area (Å²) in [6, 6.07) is 16.9. The van der Waals surface area contributed by atoms with Crippen LogP contribution in [-0.4, -0.2) is 22.7 Å². The van der Waals surface area contributed by atoms with Crippen LogP contribution in [0.1, 0.15) is 0 Å². The zero-order chi connectivity index (χ0) is 15.5. The fourth-order valence-electron chi connectivity index (χ4n) is 2.22. The Kier molecular flexibility index (Phi) is 4.31. The molecule has 1 atom stereocenters. The number of hydrogen-bond donors (Lipinski definition) is 1. The Morgan fingerprint density at radius 2 is 1.82 bits per heavy atom. The predicted octanol–water partition coefficient (Wildman–Crippen LogP) is 3.50. The molecule has 0 aliphatic carbocycles. The van der Waals surface area contributed by atoms with Gasteiger partial charge in [-0.15, -0.1) is 0 Å². The summed E-state index contributed by atoms with van der Waals surface area (Å²) in [5.74, 6) is 0.618. The highest BCUT2D eigenvalue weighted by Crippen LogP contribution is 2.34. The van der Waals surface area contributed by atoms with Crippen LogP contribution in [0.4, 0.5) is 11.4 Å². The molecule has 6 heteroatoms. The van der Waals surface area contributed by atoms with Gasteiger partial charge in [0.25, 0.3) is 5.91 Å². The van der Waals surface area contributed by atoms with Crippen LogP contribution in [0.15, 0.2) is 54.6 Å². The van der Waals surface area contributed by atoms with Gasteiger partial charge in [-0.1, -0.05) is 54.3 Å². The number of thioether (sulfide) groups is 1. The van der Waals surface area contributed by atoms with Crippen LogP contribution in [0.2, 0.25) is 0 Å². The fourth-order valence-corrected chi connectivity index (χ4v) is 3.60. The third-order valence-electron chi connectivity index (χ3n) is 3.25. The van der Waals surface area contributed by atoms with E-state index in [1.807, 2.05) is 54.6 Å². The van der Waals surface area contributed by atoms with E-state index in [1.165, 1.54) is 11.8 Å². The summed E-state index contributed by atoms with van der Waals surface area (Å²) in [6.07, 6.45) is 0. The molecule has 112 valence electrons. The molecule has 1 fully saturated rings. The molecule has 2 aromatic carbocycles. The normalized spacial score (nSPS) is 17.7. The van der Waals surface area contributed by atoms with Gasteiger partial charge in [-0.05, 0) is 24.3 Å². The maximum absolute atomic E-state index is 12.6. The molecule has 1 amide bonds. The van der Waals surface area contributed by atoms with Crippen molar-refractivity contribution in [3.8, 4) is 5.75 Å². The van der Waals surface area contributed by atoms with Crippen molar-refractivity contribution < 1.29 is 9.53 Å². The number of hydrogen-bond acceptors (Lipinski definition) is 5. The quantitative estimate of drug-likeness (QED) is 0.869. The number of thiocarbonyl (C=S) groups is 1. The topological polar surface area (TPSA) is 41.6 Å². The van der Waals surface area contributed by atoms with E-state index in [4.69, 9.17) is 17.0 Å². The van der Waals surface area contributed by atoms with Gasteiger partial charge >= 0.3 is 0 Å². The number of methoxy groups -OCH3 is 1. The fraction of sp³-hybridized carbons (Fsp3) is 0.125. The van der Waals surface area contributed by atoms with Gasteiger partial charge in [0.1, 0.15) is 10.1 Å². The van der Waals surface area contributed by atoms with Crippen LogP contribution < -0.4 is 15.0 Å². The van der Waals surface area contributed by atoms with Gasteiger partial charge in [0, 0.05) is 0 Å². The zero-order valence-corrected chi connectivity index (χ0v) is 13.5. The second kappa shape index (κ2) is 6.37. The minimum atomic E-state index is -0.455. The molecule has 4 nitrogen and oxygen atoms in total. The molecule has 1 aliphatic heterocycles. The maximum atomic E-state index is 12.6. The van der Waals surface area contributed by atoms with E-state index in [0.29, 0.717) is 10.1 Å². The van der Waals surface area contributed by atoms with Crippen molar-refractivity contribution in [1.29, 1.82) is 0 Å². The van der Waals surface area contributed by atoms with Crippen molar-refractivity contribution in [3.63, 3.8) is 0 Å². The van der Waals surface area contributed by atoms with Gasteiger partial charge in [-0.3, -0.25) is 9.69 Å². The summed E-state index contributed by atoms with van der Waals surface area (Å²) in [7, 11) is 1.60. The average Bonchev–Trinajstić information content (AvgIpc) is 2.83. The number of anilines is 2. The first-order chi connectivity index (χ1) is 10.7. The summed E-state index contributed by atoms with van der Waals surface area (Å²) in [5, 5.41) is 2.74. The number of para-hydroxylation sites is 3. The lowest BCUT2D eigenvalue weighted by molar-refractivity contribution is -0.116. The van der Waals surface area contributed by atoms with Crippen molar-refractivity contribution in [3.05, 3.63) is 54.6 Å². The van der Waals surface area contributed by atoms with E-state index in [0.717, 1.165) is 11.4 Å². The lowest BCUT2D eigenvalue weighted by Crippen LogP contribution is -2.34. The van der Waals surface area contributed by atoms with E-state index in [1.54, 1.807) is 12.0 Å². The Bertz CT molecular complexity index is 706. The van der Waals surface area contributed by atoms with Gasteiger partial charge in [-0.2, -0.15) is 0 Å². The number of carbonyl (C=O) groups is 1. The summed E-state index contributed by atoms with van der Waals surface area (Å²) in [5.41, 5.74) is 1.56. The Hall–Kier alpha value is -2.05. The Labute approximate surface area is 138 Å². The summed E-state index contributed by atoms with van der Waals surface area (Å²) < 4.78 is 5.84. The number of ether oxygens (including phenoxy) is 1. The van der Waals surface area contributed by atoms with Crippen LogP contribution in [-0.2, 0) is 4.79 Å². The molecule has 1 N–H and O–H groups in total. The average molecular weight is 330 g/mol. The van der Waals surface area contributed by atoms with Gasteiger partial charge in [0.15, 0.2) is 5.37 Å². The van der Waals surface area contributed by atoms with Crippen molar-refractivity contribution in [2.75, 3.05) is 17.3 Å². The van der Waals surface area contributed by atoms with Crippen molar-refractivity contribution in [1.82, 2.24) is 0 Å². The largest absolute Gasteiger partial charge is 0.495 e. The smallest absolute Gasteiger partial charge is 0.266 e. The van der Waals surface area contributed by atoms with Crippen LogP contribution in [0.25, 0.3) is 0 Å². The molecule has 0 bridgehead atoms. The van der Waals surface area contributed by atoms with E-state index in [-0.39, 0.29) is 5.91 Å². The standard InChI is InChI=1S/C16H14N2O2S2/c1-20-13-10-6-5-9-12(13)17-14-15(19)18(16(21)22-14)11-7-3-2-4-8-11/h2-10,14,17H,1H3/t14-/m1/s1. The van der Waals surface area contributed by atoms with E-state index in [9.17, 15) is 4.79 Å².